The topological polar surface area (TPSA) is 85.4 Å². The van der Waals surface area contributed by atoms with Crippen LogP contribution in [0.15, 0.2) is 57.9 Å². The summed E-state index contributed by atoms with van der Waals surface area (Å²) < 4.78 is 18.0. The molecule has 0 aliphatic carbocycles. The minimum Gasteiger partial charge on any atom is -0.466 e. The molecule has 2 bridgehead atoms. The maximum atomic E-state index is 13.5. The van der Waals surface area contributed by atoms with Crippen molar-refractivity contribution < 1.29 is 33.4 Å². The summed E-state index contributed by atoms with van der Waals surface area (Å²) in [6.45, 7) is 3.10. The Balaban J connectivity index is 1.13. The minimum atomic E-state index is -1.80. The maximum Gasteiger partial charge on any atom is 0.348 e. The van der Waals surface area contributed by atoms with Crippen molar-refractivity contribution in [3.8, 4) is 0 Å². The molecule has 5 heterocycles. The van der Waals surface area contributed by atoms with Crippen LogP contribution in [-0.2, 0) is 42.4 Å². The molecule has 6 atom stereocenters. The molecule has 6 rings (SSSR count). The molecule has 3 aliphatic heterocycles. The predicted molar refractivity (Wildman–Crippen MR) is 148 cm³/mol. The summed E-state index contributed by atoms with van der Waals surface area (Å²) in [6, 6.07) is 12.5. The summed E-state index contributed by atoms with van der Waals surface area (Å²) in [5.41, 5.74) is 1.66. The van der Waals surface area contributed by atoms with Gasteiger partial charge in [0.05, 0.1) is 13.7 Å². The molecule has 0 amide bonds. The van der Waals surface area contributed by atoms with Gasteiger partial charge in [-0.1, -0.05) is 24.3 Å². The molecule has 39 heavy (non-hydrogen) atoms. The van der Waals surface area contributed by atoms with E-state index in [0.717, 1.165) is 16.6 Å². The summed E-state index contributed by atoms with van der Waals surface area (Å²) in [6.07, 6.45) is 2.61. The van der Waals surface area contributed by atoms with Gasteiger partial charge in [-0.2, -0.15) is 22.7 Å². The lowest BCUT2D eigenvalue weighted by atomic mass is 9.89. The number of quaternary nitrogens is 1. The number of benzene rings is 1. The largest absolute Gasteiger partial charge is 0.466 e. The van der Waals surface area contributed by atoms with Crippen LogP contribution in [0.5, 0.6) is 0 Å². The van der Waals surface area contributed by atoms with Crippen molar-refractivity contribution >= 4 is 34.6 Å². The van der Waals surface area contributed by atoms with E-state index in [1.54, 1.807) is 12.1 Å². The van der Waals surface area contributed by atoms with Crippen LogP contribution in [0.3, 0.4) is 0 Å². The summed E-state index contributed by atoms with van der Waals surface area (Å²) in [5, 5.41) is 19.0. The highest BCUT2D eigenvalue weighted by atomic mass is 32.1. The molecule has 206 valence electrons. The van der Waals surface area contributed by atoms with Gasteiger partial charge in [0.1, 0.15) is 36.9 Å². The Labute approximate surface area is 236 Å². The summed E-state index contributed by atoms with van der Waals surface area (Å²) in [7, 11) is 2.30. The normalized spacial score (nSPS) is 29.1. The van der Waals surface area contributed by atoms with Crippen LogP contribution in [0.1, 0.15) is 48.4 Å². The predicted octanol–water partition coefficient (Wildman–Crippen LogP) is 4.41. The summed E-state index contributed by atoms with van der Waals surface area (Å²) >= 11 is 2.89. The molecule has 3 saturated heterocycles. The number of morpholine rings is 1. The molecule has 2 aromatic heterocycles. The average molecular weight is 569 g/mol. The van der Waals surface area contributed by atoms with Crippen LogP contribution >= 0.6 is 22.7 Å². The van der Waals surface area contributed by atoms with Gasteiger partial charge in [0.15, 0.2) is 0 Å². The number of rotatable bonds is 10. The number of hydrogen-bond donors (Lipinski definition) is 1. The Morgan fingerprint density at radius 1 is 1.00 bits per heavy atom. The lowest BCUT2D eigenvalue weighted by molar-refractivity contribution is -0.968. The lowest BCUT2D eigenvalue weighted by Gasteiger charge is -2.48. The molecule has 0 spiro atoms. The van der Waals surface area contributed by atoms with Gasteiger partial charge in [-0.15, -0.1) is 0 Å². The van der Waals surface area contributed by atoms with Crippen molar-refractivity contribution in [2.75, 3.05) is 13.7 Å². The maximum absolute atomic E-state index is 13.5. The highest BCUT2D eigenvalue weighted by Gasteiger charge is 2.72. The Morgan fingerprint density at radius 3 is 2.13 bits per heavy atom. The number of piperidine rings is 1. The van der Waals surface area contributed by atoms with Crippen LogP contribution in [0, 0.1) is 0 Å². The molecular weight excluding hydrogens is 534 g/mol. The van der Waals surface area contributed by atoms with Crippen molar-refractivity contribution in [3.63, 3.8) is 0 Å². The van der Waals surface area contributed by atoms with Gasteiger partial charge in [-0.3, -0.25) is 4.79 Å². The molecular formula is C30H34NO6S2+. The Hall–Kier alpha value is -2.56. The van der Waals surface area contributed by atoms with Gasteiger partial charge in [0.25, 0.3) is 0 Å². The van der Waals surface area contributed by atoms with E-state index in [0.29, 0.717) is 43.4 Å². The number of likely N-dealkylation sites (N-methyl/N-ethyl adjacent to an activating group) is 1. The van der Waals surface area contributed by atoms with Gasteiger partial charge in [-0.25, -0.2) is 4.79 Å². The highest BCUT2D eigenvalue weighted by molar-refractivity contribution is 7.08. The zero-order chi connectivity index (χ0) is 27.2. The monoisotopic (exact) mass is 568 g/mol. The van der Waals surface area contributed by atoms with E-state index in [-0.39, 0.29) is 36.4 Å². The summed E-state index contributed by atoms with van der Waals surface area (Å²) in [4.78, 5) is 25.2. The second kappa shape index (κ2) is 10.4. The number of aliphatic hydroxyl groups is 1. The fourth-order valence-electron chi connectivity index (χ4n) is 6.65. The first-order valence-electron chi connectivity index (χ1n) is 13.6. The van der Waals surface area contributed by atoms with E-state index >= 15 is 0 Å². The van der Waals surface area contributed by atoms with Crippen LogP contribution < -0.4 is 0 Å². The Bertz CT molecular complexity index is 1250. The van der Waals surface area contributed by atoms with Crippen LogP contribution in [0.25, 0.3) is 0 Å². The first-order chi connectivity index (χ1) is 18.8. The van der Waals surface area contributed by atoms with Crippen LogP contribution in [0.2, 0.25) is 0 Å². The fourth-order valence-corrected chi connectivity index (χ4v) is 8.05. The van der Waals surface area contributed by atoms with Gasteiger partial charge in [-0.05, 0) is 52.6 Å². The number of nitrogens with zero attached hydrogens (tertiary/aromatic N) is 1. The van der Waals surface area contributed by atoms with Crippen molar-refractivity contribution in [2.24, 2.45) is 0 Å². The second-order valence-corrected chi connectivity index (χ2v) is 12.6. The smallest absolute Gasteiger partial charge is 0.348 e. The summed E-state index contributed by atoms with van der Waals surface area (Å²) in [5.74, 6) is -0.768. The molecule has 0 saturated carbocycles. The third-order valence-electron chi connectivity index (χ3n) is 8.76. The molecule has 0 unspecified atom stereocenters. The molecule has 1 N–H and O–H groups in total. The number of aryl methyl sites for hydroxylation is 1. The van der Waals surface area contributed by atoms with Crippen LogP contribution in [0.4, 0.5) is 0 Å². The van der Waals surface area contributed by atoms with Crippen molar-refractivity contribution in [3.05, 3.63) is 80.2 Å². The molecule has 3 aliphatic rings. The van der Waals surface area contributed by atoms with E-state index in [4.69, 9.17) is 14.2 Å². The number of carbonyl (C=O) groups excluding carboxylic acids is 2. The lowest BCUT2D eigenvalue weighted by Crippen LogP contribution is -2.62. The number of carbonyl (C=O) groups is 2. The van der Waals surface area contributed by atoms with Gasteiger partial charge in [0.2, 0.25) is 5.60 Å². The van der Waals surface area contributed by atoms with Crippen molar-refractivity contribution in [1.29, 1.82) is 0 Å². The zero-order valence-corrected chi connectivity index (χ0v) is 23.8. The van der Waals surface area contributed by atoms with E-state index in [1.807, 2.05) is 28.4 Å². The standard InChI is InChI=1S/C30H34NO6S2/c1-3-35-26(32)9-8-19-4-6-20(7-5-19)16-31(2)24-14-23(15-25(31)28-27(24)37-28)36-29(33)30(34,21-10-12-38-17-21)22-11-13-39-18-22/h4-7,10-13,17-18,23-25,27-28,34H,3,8-9,14-16H2,1-2H3/q+1/t23-,24-,25+,27-,28+,31-. The van der Waals surface area contributed by atoms with E-state index in [1.165, 1.54) is 28.2 Å². The minimum absolute atomic E-state index is 0.164. The van der Waals surface area contributed by atoms with Gasteiger partial charge >= 0.3 is 11.9 Å². The average Bonchev–Trinajstić information content (AvgIpc) is 3.25. The van der Waals surface area contributed by atoms with E-state index < -0.39 is 11.6 Å². The van der Waals surface area contributed by atoms with Crippen molar-refractivity contribution in [1.82, 2.24) is 0 Å². The Morgan fingerprint density at radius 2 is 1.59 bits per heavy atom. The molecule has 9 heteroatoms. The number of epoxide rings is 1. The third kappa shape index (κ3) is 4.85. The number of thiophene rings is 2. The number of hydrogen-bond acceptors (Lipinski definition) is 8. The SMILES string of the molecule is CCOC(=O)CCc1ccc(C[N@+]2(C)[C@@H]3C[C@@H](OC(=O)C(O)(c4ccsc4)c4ccsc4)C[C@H]2[C@@H]2O[C@@H]23)cc1. The first kappa shape index (κ1) is 26.7. The van der Waals surface area contributed by atoms with E-state index in [9.17, 15) is 14.7 Å². The number of ether oxygens (including phenoxy) is 3. The number of esters is 2. The molecule has 3 aromatic rings. The molecule has 1 aromatic carbocycles. The van der Waals surface area contributed by atoms with E-state index in [2.05, 4.69) is 31.3 Å². The van der Waals surface area contributed by atoms with Crippen molar-refractivity contribution in [2.45, 2.75) is 75.1 Å². The highest BCUT2D eigenvalue weighted by Crippen LogP contribution is 2.53. The third-order valence-corrected chi connectivity index (χ3v) is 10.1. The van der Waals surface area contributed by atoms with Gasteiger partial charge in [0, 0.05) is 36.0 Å². The zero-order valence-electron chi connectivity index (χ0n) is 22.2. The Kier molecular flexibility index (Phi) is 7.14. The molecule has 7 nitrogen and oxygen atoms in total. The quantitative estimate of drug-likeness (QED) is 0.222. The fraction of sp³-hybridized carbons (Fsp3) is 0.467. The molecule has 0 radical (unpaired) electrons. The second-order valence-electron chi connectivity index (χ2n) is 11.1. The van der Waals surface area contributed by atoms with Crippen LogP contribution in [-0.4, -0.2) is 65.6 Å². The molecule has 3 fully saturated rings. The first-order valence-corrected chi connectivity index (χ1v) is 15.4. The van der Waals surface area contributed by atoms with Gasteiger partial charge < -0.3 is 23.8 Å². The number of fused-ring (bicyclic) bond motifs is 5.